The molecule has 0 saturated carbocycles. The summed E-state index contributed by atoms with van der Waals surface area (Å²) in [5.41, 5.74) is 1.10. The van der Waals surface area contributed by atoms with Crippen molar-refractivity contribution in [2.24, 2.45) is 0 Å². The molecule has 1 unspecified atom stereocenters. The lowest BCUT2D eigenvalue weighted by molar-refractivity contribution is 0.0935. The van der Waals surface area contributed by atoms with E-state index >= 15 is 0 Å². The van der Waals surface area contributed by atoms with Crippen LogP contribution in [0.1, 0.15) is 35.3 Å². The van der Waals surface area contributed by atoms with Crippen LogP contribution in [0, 0.1) is 12.3 Å². The van der Waals surface area contributed by atoms with Crippen LogP contribution >= 0.6 is 0 Å². The summed E-state index contributed by atoms with van der Waals surface area (Å²) in [6.45, 7) is 1.83. The largest absolute Gasteiger partial charge is 0.496 e. The Balaban J connectivity index is 2.25. The van der Waals surface area contributed by atoms with Crippen molar-refractivity contribution in [1.29, 1.82) is 0 Å². The highest BCUT2D eigenvalue weighted by Gasteiger charge is 2.19. The van der Waals surface area contributed by atoms with Crippen molar-refractivity contribution < 1.29 is 17.9 Å². The molecule has 1 atom stereocenters. The maximum Gasteiger partial charge on any atom is 0.251 e. The molecular weight excluding hydrogens is 364 g/mol. The SMILES string of the molecule is C#CCNS(=O)(=O)c1cccc(C(=O)NC(CC)c2ccccc2OC)c1. The van der Waals surface area contributed by atoms with Crippen molar-refractivity contribution in [2.75, 3.05) is 13.7 Å². The van der Waals surface area contributed by atoms with Gasteiger partial charge in [0.25, 0.3) is 5.91 Å². The van der Waals surface area contributed by atoms with Gasteiger partial charge in [-0.15, -0.1) is 6.42 Å². The van der Waals surface area contributed by atoms with Crippen LogP contribution in [0.3, 0.4) is 0 Å². The molecular formula is C20H22N2O4S. The van der Waals surface area contributed by atoms with Gasteiger partial charge in [0.1, 0.15) is 5.75 Å². The van der Waals surface area contributed by atoms with E-state index in [0.717, 1.165) is 5.56 Å². The van der Waals surface area contributed by atoms with E-state index in [2.05, 4.69) is 16.0 Å². The van der Waals surface area contributed by atoms with E-state index in [0.29, 0.717) is 12.2 Å². The highest BCUT2D eigenvalue weighted by molar-refractivity contribution is 7.89. The average Bonchev–Trinajstić information content (AvgIpc) is 2.70. The van der Waals surface area contributed by atoms with Crippen LogP contribution in [0.25, 0.3) is 0 Å². The number of amides is 1. The fourth-order valence-corrected chi connectivity index (χ4v) is 3.60. The van der Waals surface area contributed by atoms with Crippen LogP contribution in [0.2, 0.25) is 0 Å². The fraction of sp³-hybridized carbons (Fsp3) is 0.250. The molecule has 0 saturated heterocycles. The zero-order valence-electron chi connectivity index (χ0n) is 15.2. The van der Waals surface area contributed by atoms with E-state index in [9.17, 15) is 13.2 Å². The first-order valence-corrected chi connectivity index (χ1v) is 9.88. The Labute approximate surface area is 160 Å². The minimum atomic E-state index is -3.77. The first kappa shape index (κ1) is 20.5. The molecule has 6 nitrogen and oxygen atoms in total. The molecule has 27 heavy (non-hydrogen) atoms. The maximum absolute atomic E-state index is 12.7. The molecule has 0 bridgehead atoms. The predicted molar refractivity (Wildman–Crippen MR) is 104 cm³/mol. The normalized spacial score (nSPS) is 12.0. The number of ether oxygens (including phenoxy) is 1. The Bertz CT molecular complexity index is 948. The number of methoxy groups -OCH3 is 1. The third-order valence-electron chi connectivity index (χ3n) is 4.00. The molecule has 0 heterocycles. The van der Waals surface area contributed by atoms with Crippen LogP contribution < -0.4 is 14.8 Å². The minimum Gasteiger partial charge on any atom is -0.496 e. The second kappa shape index (κ2) is 9.21. The molecule has 0 spiro atoms. The van der Waals surface area contributed by atoms with Crippen molar-refractivity contribution in [1.82, 2.24) is 10.0 Å². The van der Waals surface area contributed by atoms with E-state index < -0.39 is 10.0 Å². The topological polar surface area (TPSA) is 84.5 Å². The number of rotatable bonds is 8. The lowest BCUT2D eigenvalue weighted by Crippen LogP contribution is -2.29. The van der Waals surface area contributed by atoms with Crippen molar-refractivity contribution in [3.8, 4) is 18.1 Å². The summed E-state index contributed by atoms with van der Waals surface area (Å²) in [5, 5.41) is 2.93. The smallest absolute Gasteiger partial charge is 0.251 e. The number of carbonyl (C=O) groups is 1. The maximum atomic E-state index is 12.7. The van der Waals surface area contributed by atoms with E-state index in [-0.39, 0.29) is 29.0 Å². The predicted octanol–water partition coefficient (Wildman–Crippen LogP) is 2.49. The molecule has 0 radical (unpaired) electrons. The van der Waals surface area contributed by atoms with Crippen molar-refractivity contribution in [3.63, 3.8) is 0 Å². The van der Waals surface area contributed by atoms with Gasteiger partial charge >= 0.3 is 0 Å². The van der Waals surface area contributed by atoms with E-state index in [1.54, 1.807) is 13.2 Å². The molecule has 0 aliphatic heterocycles. The van der Waals surface area contributed by atoms with Crippen molar-refractivity contribution in [2.45, 2.75) is 24.3 Å². The second-order valence-corrected chi connectivity index (χ2v) is 7.50. The molecule has 0 fully saturated rings. The van der Waals surface area contributed by atoms with Crippen molar-refractivity contribution >= 4 is 15.9 Å². The van der Waals surface area contributed by atoms with Crippen LogP contribution in [0.15, 0.2) is 53.4 Å². The van der Waals surface area contributed by atoms with E-state index in [1.165, 1.54) is 18.2 Å². The molecule has 7 heteroatoms. The van der Waals surface area contributed by atoms with Gasteiger partial charge in [-0.2, -0.15) is 4.72 Å². The Morgan fingerprint density at radius 1 is 1.22 bits per heavy atom. The van der Waals surface area contributed by atoms with E-state index in [4.69, 9.17) is 11.2 Å². The molecule has 2 aromatic rings. The van der Waals surface area contributed by atoms with Crippen LogP contribution in [-0.2, 0) is 10.0 Å². The summed E-state index contributed by atoms with van der Waals surface area (Å²) in [4.78, 5) is 12.7. The third kappa shape index (κ3) is 5.09. The molecule has 1 amide bonds. The Hall–Kier alpha value is -2.82. The van der Waals surface area contributed by atoms with Gasteiger partial charge in [0.05, 0.1) is 24.6 Å². The minimum absolute atomic E-state index is 0.0178. The Kier molecular flexibility index (Phi) is 6.99. The zero-order valence-corrected chi connectivity index (χ0v) is 16.0. The van der Waals surface area contributed by atoms with E-state index in [1.807, 2.05) is 31.2 Å². The number of terminal acetylenes is 1. The number of para-hydroxylation sites is 1. The lowest BCUT2D eigenvalue weighted by Gasteiger charge is -2.20. The molecule has 0 aliphatic rings. The molecule has 0 aliphatic carbocycles. The molecule has 2 aromatic carbocycles. The van der Waals surface area contributed by atoms with Gasteiger partial charge in [0, 0.05) is 11.1 Å². The number of sulfonamides is 1. The van der Waals surface area contributed by atoms with Gasteiger partial charge in [0.15, 0.2) is 0 Å². The number of nitrogens with one attached hydrogen (secondary N) is 2. The Morgan fingerprint density at radius 2 is 1.96 bits per heavy atom. The summed E-state index contributed by atoms with van der Waals surface area (Å²) in [6, 6.07) is 13.0. The molecule has 2 N–H and O–H groups in total. The second-order valence-electron chi connectivity index (χ2n) is 5.73. The van der Waals surface area contributed by atoms with Gasteiger partial charge in [-0.1, -0.05) is 37.1 Å². The number of carbonyl (C=O) groups excluding carboxylic acids is 1. The summed E-state index contributed by atoms with van der Waals surface area (Å²) in [6.07, 6.45) is 5.74. The lowest BCUT2D eigenvalue weighted by atomic mass is 10.0. The Morgan fingerprint density at radius 3 is 2.63 bits per heavy atom. The van der Waals surface area contributed by atoms with Crippen LogP contribution in [0.5, 0.6) is 5.75 Å². The highest BCUT2D eigenvalue weighted by Crippen LogP contribution is 2.27. The van der Waals surface area contributed by atoms with Crippen LogP contribution in [-0.4, -0.2) is 28.0 Å². The molecule has 0 aromatic heterocycles. The first-order valence-electron chi connectivity index (χ1n) is 8.40. The van der Waals surface area contributed by atoms with Gasteiger partial charge in [-0.05, 0) is 30.7 Å². The monoisotopic (exact) mass is 386 g/mol. The standard InChI is InChI=1S/C20H22N2O4S/c1-4-13-21-27(24,25)16-10-8-9-15(14-16)20(23)22-18(5-2)17-11-6-7-12-19(17)26-3/h1,6-12,14,18,21H,5,13H2,2-3H3,(H,22,23). The average molecular weight is 386 g/mol. The summed E-state index contributed by atoms with van der Waals surface area (Å²) in [5.74, 6) is 2.52. The molecule has 2 rings (SSSR count). The highest BCUT2D eigenvalue weighted by atomic mass is 32.2. The fourth-order valence-electron chi connectivity index (χ4n) is 2.62. The summed E-state index contributed by atoms with van der Waals surface area (Å²) >= 11 is 0. The first-order chi connectivity index (χ1) is 12.9. The van der Waals surface area contributed by atoms with Gasteiger partial charge in [-0.25, -0.2) is 8.42 Å². The molecule has 142 valence electrons. The quantitative estimate of drug-likeness (QED) is 0.683. The number of benzene rings is 2. The van der Waals surface area contributed by atoms with Gasteiger partial charge < -0.3 is 10.1 Å². The van der Waals surface area contributed by atoms with Gasteiger partial charge in [0.2, 0.25) is 10.0 Å². The number of hydrogen-bond donors (Lipinski definition) is 2. The van der Waals surface area contributed by atoms with Crippen LogP contribution in [0.4, 0.5) is 0 Å². The van der Waals surface area contributed by atoms with Gasteiger partial charge in [-0.3, -0.25) is 4.79 Å². The number of hydrogen-bond acceptors (Lipinski definition) is 4. The summed E-state index contributed by atoms with van der Waals surface area (Å²) in [7, 11) is -2.19. The third-order valence-corrected chi connectivity index (χ3v) is 5.40. The summed E-state index contributed by atoms with van der Waals surface area (Å²) < 4.78 is 32.0. The van der Waals surface area contributed by atoms with Crippen molar-refractivity contribution in [3.05, 3.63) is 59.7 Å². The zero-order chi connectivity index (χ0) is 19.9.